The smallest absolute Gasteiger partial charge is 0.251 e. The van der Waals surface area contributed by atoms with Crippen molar-refractivity contribution in [2.45, 2.75) is 64.2 Å². The number of hydrogen-bond donors (Lipinski definition) is 5. The van der Waals surface area contributed by atoms with Gasteiger partial charge in [-0.05, 0) is 63.1 Å². The minimum absolute atomic E-state index is 0.192. The average molecular weight is 728 g/mol. The molecule has 3 atom stereocenters. The number of para-hydroxylation sites is 1. The van der Waals surface area contributed by atoms with Crippen LogP contribution in [0, 0.1) is 6.92 Å². The summed E-state index contributed by atoms with van der Waals surface area (Å²) in [5.74, 6) is -1.11. The number of benzene rings is 2. The van der Waals surface area contributed by atoms with Crippen molar-refractivity contribution in [3.8, 4) is 0 Å². The number of imidazole rings is 1. The molecular formula is C38H49N9O6. The van der Waals surface area contributed by atoms with Crippen LogP contribution in [0.15, 0.2) is 48.7 Å². The second-order valence-electron chi connectivity index (χ2n) is 13.8. The molecule has 0 unspecified atom stereocenters. The molecule has 2 aromatic heterocycles. The van der Waals surface area contributed by atoms with Crippen molar-refractivity contribution >= 4 is 51.5 Å². The van der Waals surface area contributed by atoms with E-state index in [0.29, 0.717) is 44.6 Å². The highest BCUT2D eigenvalue weighted by Gasteiger charge is 2.33. The molecule has 15 nitrogen and oxygen atoms in total. The third-order valence-corrected chi connectivity index (χ3v) is 10.1. The van der Waals surface area contributed by atoms with E-state index in [9.17, 15) is 24.0 Å². The maximum atomic E-state index is 13.8. The average Bonchev–Trinajstić information content (AvgIpc) is 3.71. The fraction of sp³-hybridized carbons (Fsp3) is 0.474. The van der Waals surface area contributed by atoms with Gasteiger partial charge in [0.05, 0.1) is 30.8 Å². The van der Waals surface area contributed by atoms with Crippen LogP contribution in [0.25, 0.3) is 21.9 Å². The van der Waals surface area contributed by atoms with Crippen LogP contribution in [0.1, 0.15) is 47.9 Å². The predicted octanol–water partition coefficient (Wildman–Crippen LogP) is 1.25. The maximum Gasteiger partial charge on any atom is 0.251 e. The molecule has 2 aliphatic rings. The number of hydrogen-bond acceptors (Lipinski definition) is 8. The Hall–Kier alpha value is -5.28. The van der Waals surface area contributed by atoms with E-state index in [1.165, 1.54) is 4.90 Å². The molecule has 1 fully saturated rings. The van der Waals surface area contributed by atoms with Gasteiger partial charge in [-0.25, -0.2) is 4.98 Å². The third kappa shape index (κ3) is 8.86. The quantitative estimate of drug-likeness (QED) is 0.208. The topological polar surface area (TPSA) is 183 Å². The minimum atomic E-state index is -0.948. The number of carbonyl (C=O) groups is 5. The van der Waals surface area contributed by atoms with Gasteiger partial charge in [-0.15, -0.1) is 0 Å². The van der Waals surface area contributed by atoms with E-state index >= 15 is 0 Å². The lowest BCUT2D eigenvalue weighted by Gasteiger charge is -2.35. The van der Waals surface area contributed by atoms with Gasteiger partial charge in [-0.1, -0.05) is 25.1 Å². The molecule has 5 amide bonds. The lowest BCUT2D eigenvalue weighted by molar-refractivity contribution is -0.145. The zero-order valence-corrected chi connectivity index (χ0v) is 30.6. The van der Waals surface area contributed by atoms with E-state index in [2.05, 4.69) is 31.2 Å². The lowest BCUT2D eigenvalue weighted by Crippen LogP contribution is -2.57. The predicted molar refractivity (Wildman–Crippen MR) is 199 cm³/mol. The van der Waals surface area contributed by atoms with E-state index in [1.807, 2.05) is 66.0 Å². The number of rotatable bonds is 4. The summed E-state index contributed by atoms with van der Waals surface area (Å²) in [5.41, 5.74) is 3.82. The zero-order valence-electron chi connectivity index (χ0n) is 30.6. The van der Waals surface area contributed by atoms with Gasteiger partial charge in [0, 0.05) is 61.8 Å². The Morgan fingerprint density at radius 1 is 0.943 bits per heavy atom. The number of morpholine rings is 1. The molecule has 2 aromatic carbocycles. The minimum Gasteiger partial charge on any atom is -0.378 e. The summed E-state index contributed by atoms with van der Waals surface area (Å²) in [6, 6.07) is 10.7. The summed E-state index contributed by atoms with van der Waals surface area (Å²) < 4.78 is 7.61. The molecule has 15 heteroatoms. The molecule has 6 rings (SSSR count). The molecular weight excluding hydrogens is 678 g/mol. The second-order valence-corrected chi connectivity index (χ2v) is 13.8. The van der Waals surface area contributed by atoms with Crippen molar-refractivity contribution in [1.82, 2.24) is 45.6 Å². The number of carbonyl (C=O) groups excluding carboxylic acids is 5. The number of H-pyrrole nitrogens is 1. The van der Waals surface area contributed by atoms with Crippen LogP contribution in [0.3, 0.4) is 0 Å². The van der Waals surface area contributed by atoms with Crippen LogP contribution >= 0.6 is 0 Å². The molecule has 4 aromatic rings. The SMILES string of the molecule is CC[C@@H]1NC(=O)CN(C(=O)[C@H]2COCCN2C)CCCNC(=O)c2ccc3nc(C)n(c3c2)CCCNC(=O)[C@@H](Cc2c[nH]c3ccccc23)NC1=O. The third-order valence-electron chi connectivity index (χ3n) is 10.1. The number of aromatic nitrogens is 3. The van der Waals surface area contributed by atoms with Crippen LogP contribution in [0.5, 0.6) is 0 Å². The zero-order chi connectivity index (χ0) is 37.5. The number of amides is 5. The molecule has 4 heterocycles. The first-order chi connectivity index (χ1) is 25.6. The van der Waals surface area contributed by atoms with Crippen molar-refractivity contribution in [2.75, 3.05) is 53.0 Å². The molecule has 2 aliphatic heterocycles. The van der Waals surface area contributed by atoms with E-state index in [0.717, 1.165) is 33.3 Å². The summed E-state index contributed by atoms with van der Waals surface area (Å²) in [7, 11) is 1.84. The standard InChI is InChI=1S/C38H49N9O6/c1-4-28-37(51)44-31(19-26-21-41-29-10-6-5-9-27(26)29)36(50)40-14-8-16-47-24(2)42-30-12-11-25(20-32(30)47)35(49)39-13-7-15-46(22-34(48)43-28)38(52)33-23-53-18-17-45(33)3/h5-6,9-12,20-21,28,31,33,41H,4,7-8,13-19,22-23H2,1-3H3,(H,39,49)(H,40,50)(H,43,48)(H,44,51)/t28-,31+,33+/m0/s1. The van der Waals surface area contributed by atoms with Crippen LogP contribution in [-0.2, 0) is 36.9 Å². The highest BCUT2D eigenvalue weighted by molar-refractivity contribution is 5.97. The van der Waals surface area contributed by atoms with E-state index in [1.54, 1.807) is 13.0 Å². The number of aryl methyl sites for hydroxylation is 2. The van der Waals surface area contributed by atoms with Gasteiger partial charge in [-0.3, -0.25) is 28.9 Å². The normalized spacial score (nSPS) is 22.1. The van der Waals surface area contributed by atoms with Gasteiger partial charge < -0.3 is 40.5 Å². The van der Waals surface area contributed by atoms with Crippen LogP contribution in [0.4, 0.5) is 0 Å². The van der Waals surface area contributed by atoms with E-state index in [-0.39, 0.29) is 56.8 Å². The first-order valence-electron chi connectivity index (χ1n) is 18.4. The Morgan fingerprint density at radius 2 is 1.74 bits per heavy atom. The summed E-state index contributed by atoms with van der Waals surface area (Å²) in [5, 5.41) is 12.6. The summed E-state index contributed by atoms with van der Waals surface area (Å²) in [6.07, 6.45) is 3.29. The second kappa shape index (κ2) is 17.0. The summed E-state index contributed by atoms with van der Waals surface area (Å²) in [4.78, 5) is 79.3. The number of ether oxygens (including phenoxy) is 1. The van der Waals surface area contributed by atoms with Crippen molar-refractivity contribution in [1.29, 1.82) is 0 Å². The van der Waals surface area contributed by atoms with E-state index < -0.39 is 29.9 Å². The molecule has 53 heavy (non-hydrogen) atoms. The van der Waals surface area contributed by atoms with Crippen LogP contribution < -0.4 is 21.3 Å². The number of nitrogens with zero attached hydrogens (tertiary/aromatic N) is 4. The number of fused-ring (bicyclic) bond motifs is 2. The number of aromatic amines is 1. The maximum absolute atomic E-state index is 13.8. The fourth-order valence-electron chi connectivity index (χ4n) is 7.01. The Labute approximate surface area is 308 Å². The molecule has 1 saturated heterocycles. The molecule has 282 valence electrons. The number of nitrogens with one attached hydrogen (secondary N) is 5. The first-order valence-corrected chi connectivity index (χ1v) is 18.4. The molecule has 0 saturated carbocycles. The lowest BCUT2D eigenvalue weighted by atomic mass is 10.0. The number of likely N-dealkylation sites (N-methyl/N-ethyl adjacent to an activating group) is 1. The first kappa shape index (κ1) is 37.5. The molecule has 2 bridgehead atoms. The van der Waals surface area contributed by atoms with Gasteiger partial charge in [0.25, 0.3) is 5.91 Å². The molecule has 5 N–H and O–H groups in total. The van der Waals surface area contributed by atoms with Gasteiger partial charge in [-0.2, -0.15) is 0 Å². The molecule has 0 aliphatic carbocycles. The highest BCUT2D eigenvalue weighted by Crippen LogP contribution is 2.21. The van der Waals surface area contributed by atoms with Crippen molar-refractivity contribution in [3.05, 3.63) is 65.6 Å². The van der Waals surface area contributed by atoms with Crippen molar-refractivity contribution in [2.24, 2.45) is 0 Å². The Bertz CT molecular complexity index is 1970. The van der Waals surface area contributed by atoms with Gasteiger partial charge in [0.1, 0.15) is 23.9 Å². The monoisotopic (exact) mass is 727 g/mol. The largest absolute Gasteiger partial charge is 0.378 e. The Morgan fingerprint density at radius 3 is 2.55 bits per heavy atom. The van der Waals surface area contributed by atoms with Crippen LogP contribution in [0.2, 0.25) is 0 Å². The molecule has 0 spiro atoms. The Kier molecular flexibility index (Phi) is 12.0. The highest BCUT2D eigenvalue weighted by atomic mass is 16.5. The fourth-order valence-corrected chi connectivity index (χ4v) is 7.01. The van der Waals surface area contributed by atoms with Crippen LogP contribution in [-0.4, -0.2) is 125 Å². The van der Waals surface area contributed by atoms with Gasteiger partial charge in [0.2, 0.25) is 23.6 Å². The summed E-state index contributed by atoms with van der Waals surface area (Å²) in [6.45, 7) is 6.00. The van der Waals surface area contributed by atoms with Gasteiger partial charge in [0.15, 0.2) is 0 Å². The van der Waals surface area contributed by atoms with E-state index in [4.69, 9.17) is 4.74 Å². The van der Waals surface area contributed by atoms with Crippen molar-refractivity contribution < 1.29 is 28.7 Å². The molecule has 0 radical (unpaired) electrons. The van der Waals surface area contributed by atoms with Crippen molar-refractivity contribution in [3.63, 3.8) is 0 Å². The Balaban J connectivity index is 1.27. The summed E-state index contributed by atoms with van der Waals surface area (Å²) >= 11 is 0. The van der Waals surface area contributed by atoms with Gasteiger partial charge >= 0.3 is 0 Å².